The second-order valence-corrected chi connectivity index (χ2v) is 5.87. The second kappa shape index (κ2) is 8.02. The SMILES string of the molecule is CCN(CC)C1Cc2cc(O)ccc2CC1OC(C)C.Cl. The number of fused-ring (bicyclic) bond motifs is 1. The third-order valence-corrected chi connectivity index (χ3v) is 4.20. The second-order valence-electron chi connectivity index (χ2n) is 5.87. The lowest BCUT2D eigenvalue weighted by molar-refractivity contribution is -0.0473. The molecule has 0 radical (unpaired) electrons. The van der Waals surface area contributed by atoms with Gasteiger partial charge < -0.3 is 9.84 Å². The molecule has 0 saturated heterocycles. The van der Waals surface area contributed by atoms with Crippen molar-refractivity contribution in [3.8, 4) is 5.75 Å². The van der Waals surface area contributed by atoms with Crippen molar-refractivity contribution in [3.63, 3.8) is 0 Å². The summed E-state index contributed by atoms with van der Waals surface area (Å²) in [5.41, 5.74) is 2.59. The number of phenolic OH excluding ortho intramolecular Hbond substituents is 1. The molecule has 2 unspecified atom stereocenters. The van der Waals surface area contributed by atoms with Gasteiger partial charge in [0, 0.05) is 12.5 Å². The summed E-state index contributed by atoms with van der Waals surface area (Å²) in [7, 11) is 0. The first-order valence-electron chi connectivity index (χ1n) is 7.75. The summed E-state index contributed by atoms with van der Waals surface area (Å²) in [5.74, 6) is 0.366. The number of likely N-dealkylation sites (N-methyl/N-ethyl adjacent to an activating group) is 1. The molecule has 21 heavy (non-hydrogen) atoms. The van der Waals surface area contributed by atoms with E-state index >= 15 is 0 Å². The first-order valence-corrected chi connectivity index (χ1v) is 7.75. The van der Waals surface area contributed by atoms with E-state index in [1.165, 1.54) is 11.1 Å². The highest BCUT2D eigenvalue weighted by Gasteiger charge is 2.33. The number of hydrogen-bond donors (Lipinski definition) is 1. The quantitative estimate of drug-likeness (QED) is 0.904. The van der Waals surface area contributed by atoms with Crippen LogP contribution >= 0.6 is 12.4 Å². The lowest BCUT2D eigenvalue weighted by Crippen LogP contribution is -2.50. The van der Waals surface area contributed by atoms with Crippen LogP contribution in [0.25, 0.3) is 0 Å². The van der Waals surface area contributed by atoms with Crippen LogP contribution in [-0.2, 0) is 17.6 Å². The van der Waals surface area contributed by atoms with Crippen LogP contribution in [0.2, 0.25) is 0 Å². The number of hydrogen-bond acceptors (Lipinski definition) is 3. The molecule has 1 aliphatic rings. The van der Waals surface area contributed by atoms with Gasteiger partial charge in [0.25, 0.3) is 0 Å². The van der Waals surface area contributed by atoms with Gasteiger partial charge in [-0.05, 0) is 56.6 Å². The van der Waals surface area contributed by atoms with Crippen molar-refractivity contribution in [1.82, 2.24) is 4.90 Å². The summed E-state index contributed by atoms with van der Waals surface area (Å²) in [6.07, 6.45) is 2.39. The zero-order valence-corrected chi connectivity index (χ0v) is 14.3. The lowest BCUT2D eigenvalue weighted by atomic mass is 9.85. The van der Waals surface area contributed by atoms with Crippen molar-refractivity contribution >= 4 is 12.4 Å². The minimum atomic E-state index is 0. The number of halogens is 1. The van der Waals surface area contributed by atoms with Crippen molar-refractivity contribution in [2.45, 2.75) is 58.8 Å². The van der Waals surface area contributed by atoms with Crippen LogP contribution in [0.3, 0.4) is 0 Å². The Balaban J connectivity index is 0.00000220. The van der Waals surface area contributed by atoms with Crippen LogP contribution in [0.15, 0.2) is 18.2 Å². The highest BCUT2D eigenvalue weighted by molar-refractivity contribution is 5.85. The highest BCUT2D eigenvalue weighted by atomic mass is 35.5. The minimum Gasteiger partial charge on any atom is -0.508 e. The zero-order valence-electron chi connectivity index (χ0n) is 13.5. The van der Waals surface area contributed by atoms with Crippen LogP contribution in [0, 0.1) is 0 Å². The molecule has 1 aromatic carbocycles. The van der Waals surface area contributed by atoms with Gasteiger partial charge in [-0.2, -0.15) is 0 Å². The van der Waals surface area contributed by atoms with E-state index in [4.69, 9.17) is 4.74 Å². The van der Waals surface area contributed by atoms with E-state index in [0.29, 0.717) is 11.8 Å². The Kier molecular flexibility index (Phi) is 6.98. The molecular formula is C17H28ClNO2. The van der Waals surface area contributed by atoms with E-state index < -0.39 is 0 Å². The molecule has 2 rings (SSSR count). The van der Waals surface area contributed by atoms with Gasteiger partial charge in [0.2, 0.25) is 0 Å². The molecular weight excluding hydrogens is 286 g/mol. The average Bonchev–Trinajstić information content (AvgIpc) is 2.40. The first kappa shape index (κ1) is 18.3. The van der Waals surface area contributed by atoms with Gasteiger partial charge in [-0.25, -0.2) is 0 Å². The molecule has 0 aliphatic heterocycles. The number of ether oxygens (including phenoxy) is 1. The fourth-order valence-electron chi connectivity index (χ4n) is 3.26. The Bertz CT molecular complexity index is 446. The van der Waals surface area contributed by atoms with E-state index in [1.807, 2.05) is 12.1 Å². The van der Waals surface area contributed by atoms with E-state index in [-0.39, 0.29) is 24.6 Å². The maximum Gasteiger partial charge on any atom is 0.115 e. The smallest absolute Gasteiger partial charge is 0.115 e. The largest absolute Gasteiger partial charge is 0.508 e. The van der Waals surface area contributed by atoms with Gasteiger partial charge in [0.1, 0.15) is 5.75 Å². The number of benzene rings is 1. The average molecular weight is 314 g/mol. The molecule has 4 heteroatoms. The zero-order chi connectivity index (χ0) is 14.7. The summed E-state index contributed by atoms with van der Waals surface area (Å²) >= 11 is 0. The van der Waals surface area contributed by atoms with Crippen molar-refractivity contribution in [3.05, 3.63) is 29.3 Å². The van der Waals surface area contributed by atoms with Crippen molar-refractivity contribution < 1.29 is 9.84 Å². The lowest BCUT2D eigenvalue weighted by Gasteiger charge is -2.40. The van der Waals surface area contributed by atoms with E-state index in [1.54, 1.807) is 6.07 Å². The van der Waals surface area contributed by atoms with Crippen LogP contribution in [-0.4, -0.2) is 41.3 Å². The summed E-state index contributed by atoms with van der Waals surface area (Å²) in [4.78, 5) is 2.47. The minimum absolute atomic E-state index is 0. The van der Waals surface area contributed by atoms with Gasteiger partial charge in [-0.1, -0.05) is 19.9 Å². The van der Waals surface area contributed by atoms with E-state index in [0.717, 1.165) is 25.9 Å². The summed E-state index contributed by atoms with van der Waals surface area (Å²) in [6.45, 7) is 10.7. The topological polar surface area (TPSA) is 32.7 Å². The molecule has 0 fully saturated rings. The van der Waals surface area contributed by atoms with Crippen LogP contribution in [0.5, 0.6) is 5.75 Å². The van der Waals surface area contributed by atoms with E-state index in [2.05, 4.69) is 32.6 Å². The van der Waals surface area contributed by atoms with Gasteiger partial charge in [-0.3, -0.25) is 4.90 Å². The highest BCUT2D eigenvalue weighted by Crippen LogP contribution is 2.29. The maximum absolute atomic E-state index is 9.69. The molecule has 0 bridgehead atoms. The molecule has 0 aromatic heterocycles. The molecule has 3 nitrogen and oxygen atoms in total. The number of rotatable bonds is 5. The summed E-state index contributed by atoms with van der Waals surface area (Å²) in [6, 6.07) is 6.14. The maximum atomic E-state index is 9.69. The van der Waals surface area contributed by atoms with Crippen molar-refractivity contribution in [2.75, 3.05) is 13.1 Å². The molecule has 1 N–H and O–H groups in total. The standard InChI is InChI=1S/C17H27NO2.ClH/c1-5-18(6-2)16-10-14-9-15(19)8-7-13(14)11-17(16)20-12(3)4;/h7-9,12,16-17,19H,5-6,10-11H2,1-4H3;1H. The Labute approximate surface area is 134 Å². The number of phenols is 1. The Hall–Kier alpha value is -0.770. The first-order chi connectivity index (χ1) is 9.55. The Morgan fingerprint density at radius 1 is 1.19 bits per heavy atom. The monoisotopic (exact) mass is 313 g/mol. The number of nitrogens with zero attached hydrogens (tertiary/aromatic N) is 1. The molecule has 0 spiro atoms. The van der Waals surface area contributed by atoms with E-state index in [9.17, 15) is 5.11 Å². The molecule has 0 saturated carbocycles. The van der Waals surface area contributed by atoms with Crippen LogP contribution in [0.1, 0.15) is 38.8 Å². The van der Waals surface area contributed by atoms with Gasteiger partial charge in [-0.15, -0.1) is 12.4 Å². The Morgan fingerprint density at radius 2 is 1.86 bits per heavy atom. The molecule has 1 aromatic rings. The van der Waals surface area contributed by atoms with Crippen molar-refractivity contribution in [1.29, 1.82) is 0 Å². The molecule has 0 amide bonds. The van der Waals surface area contributed by atoms with Gasteiger partial charge in [0.15, 0.2) is 0 Å². The molecule has 120 valence electrons. The van der Waals surface area contributed by atoms with Gasteiger partial charge >= 0.3 is 0 Å². The van der Waals surface area contributed by atoms with Crippen molar-refractivity contribution in [2.24, 2.45) is 0 Å². The molecule has 1 aliphatic carbocycles. The predicted molar refractivity (Wildman–Crippen MR) is 89.5 cm³/mol. The predicted octanol–water partition coefficient (Wildman–Crippen LogP) is 3.42. The number of aromatic hydroxyl groups is 1. The van der Waals surface area contributed by atoms with Crippen LogP contribution in [0.4, 0.5) is 0 Å². The molecule has 2 atom stereocenters. The van der Waals surface area contributed by atoms with Crippen LogP contribution < -0.4 is 0 Å². The molecule has 0 heterocycles. The normalized spacial score (nSPS) is 21.2. The van der Waals surface area contributed by atoms with Gasteiger partial charge in [0.05, 0.1) is 12.2 Å². The summed E-state index contributed by atoms with van der Waals surface area (Å²) in [5, 5.41) is 9.69. The fraction of sp³-hybridized carbons (Fsp3) is 0.647. The third-order valence-electron chi connectivity index (χ3n) is 4.20. The summed E-state index contributed by atoms with van der Waals surface area (Å²) < 4.78 is 6.17. The third kappa shape index (κ3) is 4.35. The Morgan fingerprint density at radius 3 is 2.43 bits per heavy atom. The fourth-order valence-corrected chi connectivity index (χ4v) is 3.26.